The second kappa shape index (κ2) is 9.71. The highest BCUT2D eigenvalue weighted by molar-refractivity contribution is 5.96. The molecule has 0 spiro atoms. The Labute approximate surface area is 141 Å². The quantitative estimate of drug-likeness (QED) is 0.694. The minimum Gasteiger partial charge on any atom is -0.475 e. The molecule has 0 bridgehead atoms. The second-order valence-corrected chi connectivity index (χ2v) is 5.88. The Hall–Kier alpha value is -2.35. The summed E-state index contributed by atoms with van der Waals surface area (Å²) in [4.78, 5) is 27.7. The Morgan fingerprint density at radius 2 is 1.88 bits per heavy atom. The van der Waals surface area contributed by atoms with E-state index in [1.54, 1.807) is 46.2 Å². The van der Waals surface area contributed by atoms with Crippen molar-refractivity contribution in [3.05, 3.63) is 23.9 Å². The predicted molar refractivity (Wildman–Crippen MR) is 88.2 cm³/mol. The molecule has 1 heterocycles. The van der Waals surface area contributed by atoms with Crippen LogP contribution in [0.2, 0.25) is 0 Å². The normalized spacial score (nSPS) is 10.8. The first-order valence-electron chi connectivity index (χ1n) is 7.65. The Bertz CT molecular complexity index is 543. The molecule has 0 fully saturated rings. The molecule has 1 aromatic rings. The fraction of sp³-hybridized carbons (Fsp3) is 0.562. The van der Waals surface area contributed by atoms with Crippen molar-refractivity contribution in [1.82, 2.24) is 15.6 Å². The molecule has 0 aromatic carbocycles. The molecule has 0 atom stereocenters. The van der Waals surface area contributed by atoms with Crippen LogP contribution < -0.4 is 15.4 Å². The number of carbonyl (C=O) groups excluding carboxylic acids is 2. The van der Waals surface area contributed by atoms with Crippen molar-refractivity contribution in [2.24, 2.45) is 0 Å². The van der Waals surface area contributed by atoms with Gasteiger partial charge in [0.15, 0.2) is 0 Å². The molecule has 24 heavy (non-hydrogen) atoms. The summed E-state index contributed by atoms with van der Waals surface area (Å²) < 4.78 is 15.4. The smallest absolute Gasteiger partial charge is 0.407 e. The van der Waals surface area contributed by atoms with E-state index in [1.807, 2.05) is 0 Å². The standard InChI is InChI=1S/C16H25N3O5/c1-16(2,3)24-15(21)19-9-8-17-13(20)12-6-5-7-18-14(12)23-11-10-22-4/h5-7H,8-11H2,1-4H3,(H,17,20)(H,19,21). The number of hydrogen-bond acceptors (Lipinski definition) is 6. The van der Waals surface area contributed by atoms with Gasteiger partial charge in [-0.2, -0.15) is 0 Å². The maximum atomic E-state index is 12.2. The van der Waals surface area contributed by atoms with Gasteiger partial charge >= 0.3 is 6.09 Å². The summed E-state index contributed by atoms with van der Waals surface area (Å²) in [5, 5.41) is 5.25. The van der Waals surface area contributed by atoms with E-state index in [4.69, 9.17) is 14.2 Å². The summed E-state index contributed by atoms with van der Waals surface area (Å²) in [7, 11) is 1.56. The van der Waals surface area contributed by atoms with Gasteiger partial charge in [0.1, 0.15) is 17.8 Å². The van der Waals surface area contributed by atoms with Gasteiger partial charge in [-0.25, -0.2) is 9.78 Å². The molecule has 0 aliphatic carbocycles. The van der Waals surface area contributed by atoms with Gasteiger partial charge in [-0.15, -0.1) is 0 Å². The first kappa shape index (κ1) is 19.7. The summed E-state index contributed by atoms with van der Waals surface area (Å²) in [6, 6.07) is 3.27. The van der Waals surface area contributed by atoms with Crippen LogP contribution in [0.3, 0.4) is 0 Å². The molecule has 2 amide bonds. The minimum absolute atomic E-state index is 0.243. The highest BCUT2D eigenvalue weighted by Crippen LogP contribution is 2.13. The maximum Gasteiger partial charge on any atom is 0.407 e. The van der Waals surface area contributed by atoms with Gasteiger partial charge in [-0.1, -0.05) is 0 Å². The molecule has 0 unspecified atom stereocenters. The Morgan fingerprint density at radius 1 is 1.17 bits per heavy atom. The number of aromatic nitrogens is 1. The van der Waals surface area contributed by atoms with Crippen LogP contribution in [0.25, 0.3) is 0 Å². The molecule has 0 aliphatic rings. The highest BCUT2D eigenvalue weighted by Gasteiger charge is 2.16. The van der Waals surface area contributed by atoms with Crippen molar-refractivity contribution in [2.75, 3.05) is 33.4 Å². The Balaban J connectivity index is 2.41. The number of nitrogens with one attached hydrogen (secondary N) is 2. The van der Waals surface area contributed by atoms with E-state index in [-0.39, 0.29) is 24.9 Å². The maximum absolute atomic E-state index is 12.2. The zero-order valence-electron chi connectivity index (χ0n) is 14.5. The number of methoxy groups -OCH3 is 1. The van der Waals surface area contributed by atoms with Crippen LogP contribution in [0.1, 0.15) is 31.1 Å². The molecular weight excluding hydrogens is 314 g/mol. The van der Waals surface area contributed by atoms with Crippen LogP contribution in [0.5, 0.6) is 5.88 Å². The number of hydrogen-bond donors (Lipinski definition) is 2. The van der Waals surface area contributed by atoms with Gasteiger partial charge in [-0.05, 0) is 32.9 Å². The first-order valence-corrected chi connectivity index (χ1v) is 7.65. The predicted octanol–water partition coefficient (Wildman–Crippen LogP) is 1.36. The van der Waals surface area contributed by atoms with Crippen molar-refractivity contribution >= 4 is 12.0 Å². The largest absolute Gasteiger partial charge is 0.475 e. The molecule has 8 heteroatoms. The van der Waals surface area contributed by atoms with Gasteiger partial charge in [0, 0.05) is 26.4 Å². The molecule has 134 valence electrons. The lowest BCUT2D eigenvalue weighted by atomic mass is 10.2. The van der Waals surface area contributed by atoms with Crippen molar-refractivity contribution in [3.63, 3.8) is 0 Å². The third-order valence-corrected chi connectivity index (χ3v) is 2.62. The molecule has 2 N–H and O–H groups in total. The van der Waals surface area contributed by atoms with E-state index in [0.29, 0.717) is 18.8 Å². The third-order valence-electron chi connectivity index (χ3n) is 2.62. The zero-order chi connectivity index (χ0) is 18.0. The van der Waals surface area contributed by atoms with E-state index >= 15 is 0 Å². The lowest BCUT2D eigenvalue weighted by Crippen LogP contribution is -2.38. The number of nitrogens with zero attached hydrogens (tertiary/aromatic N) is 1. The van der Waals surface area contributed by atoms with Gasteiger partial charge in [0.2, 0.25) is 5.88 Å². The average Bonchev–Trinajstić information content (AvgIpc) is 2.50. The first-order chi connectivity index (χ1) is 11.3. The summed E-state index contributed by atoms with van der Waals surface area (Å²) >= 11 is 0. The fourth-order valence-electron chi connectivity index (χ4n) is 1.65. The average molecular weight is 339 g/mol. The fourth-order valence-corrected chi connectivity index (χ4v) is 1.65. The lowest BCUT2D eigenvalue weighted by Gasteiger charge is -2.19. The van der Waals surface area contributed by atoms with Gasteiger partial charge in [0.25, 0.3) is 5.91 Å². The molecule has 0 saturated heterocycles. The van der Waals surface area contributed by atoms with Gasteiger partial charge in [0.05, 0.1) is 6.61 Å². The van der Waals surface area contributed by atoms with E-state index in [2.05, 4.69) is 15.6 Å². The SMILES string of the molecule is COCCOc1ncccc1C(=O)NCCNC(=O)OC(C)(C)C. The van der Waals surface area contributed by atoms with Crippen LogP contribution in [0.15, 0.2) is 18.3 Å². The molecular formula is C16H25N3O5. The molecule has 0 radical (unpaired) electrons. The van der Waals surface area contributed by atoms with Crippen LogP contribution in [0.4, 0.5) is 4.79 Å². The number of pyridine rings is 1. The molecule has 1 rings (SSSR count). The van der Waals surface area contributed by atoms with E-state index < -0.39 is 11.7 Å². The monoisotopic (exact) mass is 339 g/mol. The van der Waals surface area contributed by atoms with Gasteiger partial charge < -0.3 is 24.8 Å². The van der Waals surface area contributed by atoms with Crippen molar-refractivity contribution in [2.45, 2.75) is 26.4 Å². The Morgan fingerprint density at radius 3 is 2.54 bits per heavy atom. The summed E-state index contributed by atoms with van der Waals surface area (Å²) in [5.74, 6) is -0.0892. The van der Waals surface area contributed by atoms with Crippen LogP contribution in [-0.2, 0) is 9.47 Å². The van der Waals surface area contributed by atoms with Crippen molar-refractivity contribution in [1.29, 1.82) is 0 Å². The second-order valence-electron chi connectivity index (χ2n) is 5.88. The summed E-state index contributed by atoms with van der Waals surface area (Å²) in [6.45, 7) is 6.54. The zero-order valence-corrected chi connectivity index (χ0v) is 14.5. The minimum atomic E-state index is -0.558. The summed E-state index contributed by atoms with van der Waals surface area (Å²) in [6.07, 6.45) is 1.02. The van der Waals surface area contributed by atoms with E-state index in [9.17, 15) is 9.59 Å². The van der Waals surface area contributed by atoms with E-state index in [1.165, 1.54) is 0 Å². The number of carbonyl (C=O) groups is 2. The van der Waals surface area contributed by atoms with Crippen LogP contribution in [-0.4, -0.2) is 56.0 Å². The molecule has 0 aliphatic heterocycles. The highest BCUT2D eigenvalue weighted by atomic mass is 16.6. The van der Waals surface area contributed by atoms with Crippen molar-refractivity contribution in [3.8, 4) is 5.88 Å². The molecule has 0 saturated carbocycles. The third kappa shape index (κ3) is 7.77. The Kier molecular flexibility index (Phi) is 7.97. The topological polar surface area (TPSA) is 98.8 Å². The van der Waals surface area contributed by atoms with Crippen molar-refractivity contribution < 1.29 is 23.8 Å². The number of rotatable bonds is 8. The summed E-state index contributed by atoms with van der Waals surface area (Å²) in [5.41, 5.74) is -0.233. The van der Waals surface area contributed by atoms with Crippen LogP contribution >= 0.6 is 0 Å². The number of amides is 2. The number of ether oxygens (including phenoxy) is 3. The lowest BCUT2D eigenvalue weighted by molar-refractivity contribution is 0.0526. The number of alkyl carbamates (subject to hydrolysis) is 1. The van der Waals surface area contributed by atoms with Gasteiger partial charge in [-0.3, -0.25) is 4.79 Å². The van der Waals surface area contributed by atoms with E-state index in [0.717, 1.165) is 0 Å². The molecule has 1 aromatic heterocycles. The molecule has 8 nitrogen and oxygen atoms in total. The van der Waals surface area contributed by atoms with Crippen LogP contribution in [0, 0.1) is 0 Å².